The third-order valence-electron chi connectivity index (χ3n) is 1.64. The molecule has 0 N–H and O–H groups in total. The first-order valence-corrected chi connectivity index (χ1v) is 3.59. The Labute approximate surface area is 76.5 Å². The van der Waals surface area contributed by atoms with Crippen LogP contribution in [0.2, 0.25) is 0 Å². The van der Waals surface area contributed by atoms with Gasteiger partial charge in [0.1, 0.15) is 5.82 Å². The molecule has 78 valence electrons. The van der Waals surface area contributed by atoms with E-state index in [0.29, 0.717) is 6.07 Å². The summed E-state index contributed by atoms with van der Waals surface area (Å²) in [7, 11) is 1.00. The molecule has 1 nitrogen and oxygen atoms in total. The smallest absolute Gasteiger partial charge is 0.494 e. The van der Waals surface area contributed by atoms with Crippen LogP contribution in [0.1, 0.15) is 0 Å². The van der Waals surface area contributed by atoms with Crippen molar-refractivity contribution in [3.05, 3.63) is 23.8 Å². The van der Waals surface area contributed by atoms with Gasteiger partial charge < -0.3 is 17.7 Å². The van der Waals surface area contributed by atoms with Gasteiger partial charge in [-0.2, -0.15) is 0 Å². The molecule has 0 aliphatic rings. The van der Waals surface area contributed by atoms with Gasteiger partial charge in [0.2, 0.25) is 0 Å². The Morgan fingerprint density at radius 1 is 1.14 bits per heavy atom. The third kappa shape index (κ3) is 1.81. The van der Waals surface area contributed by atoms with Crippen molar-refractivity contribution in [3.63, 3.8) is 0 Å². The van der Waals surface area contributed by atoms with Gasteiger partial charge in [-0.3, -0.25) is 0 Å². The lowest BCUT2D eigenvalue weighted by atomic mass is 9.79. The number of rotatable bonds is 2. The van der Waals surface area contributed by atoms with Gasteiger partial charge in [-0.15, -0.1) is 0 Å². The third-order valence-corrected chi connectivity index (χ3v) is 1.64. The molecule has 14 heavy (non-hydrogen) atoms. The molecule has 0 aliphatic heterocycles. The van der Waals surface area contributed by atoms with E-state index in [-0.39, 0.29) is 0 Å². The zero-order valence-corrected chi connectivity index (χ0v) is 7.03. The van der Waals surface area contributed by atoms with Crippen molar-refractivity contribution in [2.24, 2.45) is 0 Å². The van der Waals surface area contributed by atoms with Gasteiger partial charge in [-0.25, -0.2) is 8.78 Å². The lowest BCUT2D eigenvalue weighted by Gasteiger charge is -2.17. The highest BCUT2D eigenvalue weighted by molar-refractivity contribution is 6.73. The van der Waals surface area contributed by atoms with Crippen LogP contribution in [-0.2, 0) is 0 Å². The van der Waals surface area contributed by atoms with Crippen LogP contribution in [0, 0.1) is 11.6 Å². The first-order valence-electron chi connectivity index (χ1n) is 3.59. The molecular formula is C7H5BF5O-. The van der Waals surface area contributed by atoms with Gasteiger partial charge in [-0.05, 0) is 17.6 Å². The van der Waals surface area contributed by atoms with Crippen molar-refractivity contribution in [1.82, 2.24) is 0 Å². The summed E-state index contributed by atoms with van der Waals surface area (Å²) in [5.74, 6) is -3.96. The average Bonchev–Trinajstić information content (AvgIpc) is 2.02. The summed E-state index contributed by atoms with van der Waals surface area (Å²) in [6, 6.07) is 1.32. The summed E-state index contributed by atoms with van der Waals surface area (Å²) < 4.78 is 66.4. The molecule has 0 saturated heterocycles. The van der Waals surface area contributed by atoms with Gasteiger partial charge in [-0.1, -0.05) is 0 Å². The molecule has 1 aromatic carbocycles. The number of benzene rings is 1. The second-order valence-corrected chi connectivity index (χ2v) is 2.55. The zero-order chi connectivity index (χ0) is 10.9. The minimum Gasteiger partial charge on any atom is -0.494 e. The highest BCUT2D eigenvalue weighted by atomic mass is 19.4. The fourth-order valence-corrected chi connectivity index (χ4v) is 1.01. The molecule has 7 heteroatoms. The maximum absolute atomic E-state index is 13.0. The maximum atomic E-state index is 13.0. The van der Waals surface area contributed by atoms with Gasteiger partial charge in [0, 0.05) is 0 Å². The second kappa shape index (κ2) is 3.47. The van der Waals surface area contributed by atoms with Gasteiger partial charge in [0.05, 0.1) is 12.9 Å². The van der Waals surface area contributed by atoms with Crippen LogP contribution in [0.25, 0.3) is 0 Å². The van der Waals surface area contributed by atoms with Crippen LogP contribution in [0.3, 0.4) is 0 Å². The Morgan fingerprint density at radius 2 is 1.71 bits per heavy atom. The lowest BCUT2D eigenvalue weighted by Crippen LogP contribution is -2.39. The second-order valence-electron chi connectivity index (χ2n) is 2.55. The summed E-state index contributed by atoms with van der Waals surface area (Å²) in [4.78, 5) is 0. The van der Waals surface area contributed by atoms with E-state index in [2.05, 4.69) is 4.74 Å². The fraction of sp³-hybridized carbons (Fsp3) is 0.143. The maximum Gasteiger partial charge on any atom is 0.515 e. The van der Waals surface area contributed by atoms with Crippen LogP contribution in [-0.4, -0.2) is 14.1 Å². The predicted octanol–water partition coefficient (Wildman–Crippen LogP) is 2.03. The number of hydrogen-bond donors (Lipinski definition) is 0. The monoisotopic (exact) mass is 211 g/mol. The molecule has 0 bridgehead atoms. The average molecular weight is 211 g/mol. The number of ether oxygens (including phenoxy) is 1. The Hall–Kier alpha value is -1.27. The zero-order valence-electron chi connectivity index (χ0n) is 7.03. The van der Waals surface area contributed by atoms with Gasteiger partial charge in [0.25, 0.3) is 0 Å². The molecule has 0 amide bonds. The Morgan fingerprint density at radius 3 is 2.14 bits per heavy atom. The highest BCUT2D eigenvalue weighted by Crippen LogP contribution is 2.21. The lowest BCUT2D eigenvalue weighted by molar-refractivity contribution is 0.383. The molecule has 0 aromatic heterocycles. The largest absolute Gasteiger partial charge is 0.515 e. The van der Waals surface area contributed by atoms with E-state index in [1.807, 2.05) is 0 Å². The number of methoxy groups -OCH3 is 1. The molecule has 1 rings (SSSR count). The topological polar surface area (TPSA) is 9.23 Å². The van der Waals surface area contributed by atoms with Crippen molar-refractivity contribution in [2.45, 2.75) is 0 Å². The van der Waals surface area contributed by atoms with Crippen molar-refractivity contribution in [2.75, 3.05) is 7.11 Å². The van der Waals surface area contributed by atoms with Crippen molar-refractivity contribution in [3.8, 4) is 5.75 Å². The van der Waals surface area contributed by atoms with E-state index in [4.69, 9.17) is 0 Å². The molecule has 0 unspecified atom stereocenters. The molecule has 1 aromatic rings. The fourth-order valence-electron chi connectivity index (χ4n) is 1.01. The molecule has 0 spiro atoms. The molecule has 0 atom stereocenters. The molecule has 0 saturated carbocycles. The van der Waals surface area contributed by atoms with Gasteiger partial charge in [0.15, 0.2) is 5.75 Å². The molecule has 0 fully saturated rings. The molecular weight excluding hydrogens is 206 g/mol. The van der Waals surface area contributed by atoms with Crippen LogP contribution in [0.5, 0.6) is 5.75 Å². The van der Waals surface area contributed by atoms with E-state index in [1.165, 1.54) is 0 Å². The number of hydrogen-bond acceptors (Lipinski definition) is 1. The minimum absolute atomic E-state index is 0.520. The Balaban J connectivity index is 3.40. The van der Waals surface area contributed by atoms with Crippen molar-refractivity contribution >= 4 is 12.4 Å². The summed E-state index contributed by atoms with van der Waals surface area (Å²) >= 11 is 0. The molecule has 0 radical (unpaired) electrons. The quantitative estimate of drug-likeness (QED) is 0.537. The van der Waals surface area contributed by atoms with E-state index < -0.39 is 29.8 Å². The summed E-state index contributed by atoms with van der Waals surface area (Å²) in [6.07, 6.45) is 0. The summed E-state index contributed by atoms with van der Waals surface area (Å²) in [5, 5.41) is 0. The van der Waals surface area contributed by atoms with Gasteiger partial charge >= 0.3 is 6.98 Å². The van der Waals surface area contributed by atoms with E-state index in [1.54, 1.807) is 0 Å². The Bertz CT molecular complexity index is 349. The number of halogens is 5. The normalized spacial score (nSPS) is 11.6. The van der Waals surface area contributed by atoms with E-state index in [0.717, 1.165) is 13.2 Å². The van der Waals surface area contributed by atoms with Crippen LogP contribution < -0.4 is 10.2 Å². The standard InChI is InChI=1S/C7H5BF5O/c1-14-5-3-2-4(9)6(7(5)10)8(11,12)13/h2-3H,1H3/q-1. The summed E-state index contributed by atoms with van der Waals surface area (Å²) in [6.45, 7) is -5.71. The highest BCUT2D eigenvalue weighted by Gasteiger charge is 2.33. The van der Waals surface area contributed by atoms with Crippen molar-refractivity contribution in [1.29, 1.82) is 0 Å². The molecule has 0 aliphatic carbocycles. The molecule has 0 heterocycles. The van der Waals surface area contributed by atoms with Crippen LogP contribution >= 0.6 is 0 Å². The van der Waals surface area contributed by atoms with Crippen LogP contribution in [0.15, 0.2) is 12.1 Å². The minimum atomic E-state index is -5.71. The van der Waals surface area contributed by atoms with E-state index >= 15 is 0 Å². The predicted molar refractivity (Wildman–Crippen MR) is 41.6 cm³/mol. The first-order chi connectivity index (χ1) is 6.38. The first kappa shape index (κ1) is 10.8. The Kier molecular flexibility index (Phi) is 2.68. The SMILES string of the molecule is COc1ccc(F)c([B-](F)(F)F)c1F. The summed E-state index contributed by atoms with van der Waals surface area (Å²) in [5.41, 5.74) is -1.87. The van der Waals surface area contributed by atoms with E-state index in [9.17, 15) is 21.7 Å². The van der Waals surface area contributed by atoms with Crippen molar-refractivity contribution < 1.29 is 26.5 Å². The van der Waals surface area contributed by atoms with Crippen LogP contribution in [0.4, 0.5) is 21.7 Å².